The molecular weight excluding hydrogens is 202 g/mol. The molecule has 1 rings (SSSR count). The highest BCUT2D eigenvalue weighted by molar-refractivity contribution is 5.18. The van der Waals surface area contributed by atoms with Crippen LogP contribution in [0.3, 0.4) is 0 Å². The van der Waals surface area contributed by atoms with Crippen LogP contribution in [0.5, 0.6) is 0 Å². The second-order valence-corrected chi connectivity index (χ2v) is 3.51. The third kappa shape index (κ3) is 2.17. The van der Waals surface area contributed by atoms with Crippen molar-refractivity contribution in [1.82, 2.24) is 0 Å². The third-order valence-corrected chi connectivity index (χ3v) is 2.35. The Kier molecular flexibility index (Phi) is 3.44. The van der Waals surface area contributed by atoms with Crippen LogP contribution < -0.4 is 0 Å². The van der Waals surface area contributed by atoms with Crippen molar-refractivity contribution in [2.75, 3.05) is 6.61 Å². The molecule has 0 aromatic heterocycles. The summed E-state index contributed by atoms with van der Waals surface area (Å²) in [6, 6.07) is 1.76. The van der Waals surface area contributed by atoms with Crippen molar-refractivity contribution in [3.05, 3.63) is 12.2 Å². The molecule has 0 radical (unpaired) electrons. The summed E-state index contributed by atoms with van der Waals surface area (Å²) < 4.78 is 4.89. The molecule has 0 amide bonds. The van der Waals surface area contributed by atoms with Crippen molar-refractivity contribution >= 4 is 0 Å². The second kappa shape index (κ2) is 4.26. The lowest BCUT2D eigenvalue weighted by molar-refractivity contribution is -0.245. The highest BCUT2D eigenvalue weighted by atomic mass is 16.7. The summed E-state index contributed by atoms with van der Waals surface area (Å²) in [6.45, 7) is 2.56. The molecule has 1 saturated heterocycles. The first kappa shape index (κ1) is 12.1. The Labute approximate surface area is 86.6 Å². The van der Waals surface area contributed by atoms with Crippen LogP contribution in [-0.2, 0) is 4.74 Å². The van der Waals surface area contributed by atoms with Gasteiger partial charge in [0.05, 0.1) is 18.8 Å². The summed E-state index contributed by atoms with van der Waals surface area (Å²) in [4.78, 5) is 0. The fraction of sp³-hybridized carbons (Fsp3) is 0.667. The normalized spacial score (nSPS) is 40.1. The van der Waals surface area contributed by atoms with Gasteiger partial charge in [0, 0.05) is 12.0 Å². The molecule has 0 bridgehead atoms. The van der Waals surface area contributed by atoms with E-state index < -0.39 is 30.7 Å². The highest BCUT2D eigenvalue weighted by Gasteiger charge is 2.52. The molecule has 0 saturated carbocycles. The molecule has 1 aliphatic rings. The number of aliphatic hydroxyl groups is 4. The standard InChI is InChI=1S/C9H13NO5/c1-5(3-10)2-6-7(12)8(13)9(14,4-11)15-6/h6-8,11-14H,1-2,4H2/t6-,7+,8-,9?/m0/s1. The molecule has 4 atom stereocenters. The number of ether oxygens (including phenoxy) is 1. The average Bonchev–Trinajstić information content (AvgIpc) is 2.44. The molecule has 15 heavy (non-hydrogen) atoms. The molecule has 4 N–H and O–H groups in total. The van der Waals surface area contributed by atoms with Gasteiger partial charge in [0.2, 0.25) is 5.79 Å². The maximum atomic E-state index is 9.50. The Morgan fingerprint density at radius 2 is 2.13 bits per heavy atom. The van der Waals surface area contributed by atoms with E-state index in [1.807, 2.05) is 0 Å². The lowest BCUT2D eigenvalue weighted by Gasteiger charge is -2.22. The van der Waals surface area contributed by atoms with Crippen molar-refractivity contribution in [2.45, 2.75) is 30.5 Å². The summed E-state index contributed by atoms with van der Waals surface area (Å²) >= 11 is 0. The molecule has 6 heteroatoms. The number of hydrogen-bond donors (Lipinski definition) is 4. The molecule has 0 aliphatic carbocycles. The van der Waals surface area contributed by atoms with E-state index in [2.05, 4.69) is 6.58 Å². The molecule has 1 aliphatic heterocycles. The third-order valence-electron chi connectivity index (χ3n) is 2.35. The molecular formula is C9H13NO5. The minimum absolute atomic E-state index is 0.00294. The SMILES string of the molecule is C=C(C#N)C[C@@H]1OC(O)(CO)[C@@H](O)[C@@H]1O. The first-order chi connectivity index (χ1) is 6.94. The summed E-state index contributed by atoms with van der Waals surface area (Å²) in [6.07, 6.45) is -3.90. The van der Waals surface area contributed by atoms with Crippen molar-refractivity contribution in [1.29, 1.82) is 5.26 Å². The molecule has 1 fully saturated rings. The average molecular weight is 215 g/mol. The molecule has 6 nitrogen and oxygen atoms in total. The zero-order valence-corrected chi connectivity index (χ0v) is 8.00. The van der Waals surface area contributed by atoms with Gasteiger partial charge in [-0.1, -0.05) is 6.58 Å². The number of aliphatic hydroxyl groups excluding tert-OH is 3. The van der Waals surface area contributed by atoms with Gasteiger partial charge in [-0.3, -0.25) is 0 Å². The van der Waals surface area contributed by atoms with E-state index in [0.717, 1.165) is 0 Å². The first-order valence-corrected chi connectivity index (χ1v) is 4.39. The number of hydrogen-bond acceptors (Lipinski definition) is 6. The molecule has 84 valence electrons. The van der Waals surface area contributed by atoms with Crippen molar-refractivity contribution in [3.8, 4) is 6.07 Å². The molecule has 1 heterocycles. The van der Waals surface area contributed by atoms with Gasteiger partial charge < -0.3 is 25.2 Å². The Morgan fingerprint density at radius 1 is 1.53 bits per heavy atom. The molecule has 1 unspecified atom stereocenters. The van der Waals surface area contributed by atoms with E-state index in [9.17, 15) is 15.3 Å². The van der Waals surface area contributed by atoms with Gasteiger partial charge in [0.15, 0.2) is 0 Å². The lowest BCUT2D eigenvalue weighted by Crippen LogP contribution is -2.46. The summed E-state index contributed by atoms with van der Waals surface area (Å²) in [7, 11) is 0. The maximum Gasteiger partial charge on any atom is 0.219 e. The van der Waals surface area contributed by atoms with Gasteiger partial charge in [-0.2, -0.15) is 5.26 Å². The van der Waals surface area contributed by atoms with Gasteiger partial charge in [0.25, 0.3) is 0 Å². The fourth-order valence-corrected chi connectivity index (χ4v) is 1.45. The largest absolute Gasteiger partial charge is 0.391 e. The van der Waals surface area contributed by atoms with Gasteiger partial charge in [0.1, 0.15) is 12.2 Å². The fourth-order valence-electron chi connectivity index (χ4n) is 1.45. The number of nitrogens with zero attached hydrogens (tertiary/aromatic N) is 1. The van der Waals surface area contributed by atoms with Gasteiger partial charge in [-0.15, -0.1) is 0 Å². The maximum absolute atomic E-state index is 9.50. The number of nitriles is 1. The van der Waals surface area contributed by atoms with E-state index >= 15 is 0 Å². The topological polar surface area (TPSA) is 114 Å². The van der Waals surface area contributed by atoms with Crippen molar-refractivity contribution in [3.63, 3.8) is 0 Å². The molecule has 0 spiro atoms. The van der Waals surface area contributed by atoms with Crippen LogP contribution in [-0.4, -0.2) is 51.1 Å². The smallest absolute Gasteiger partial charge is 0.219 e. The van der Waals surface area contributed by atoms with E-state index in [1.165, 1.54) is 0 Å². The summed E-state index contributed by atoms with van der Waals surface area (Å²) in [5.74, 6) is -2.17. The van der Waals surface area contributed by atoms with Crippen LogP contribution in [0.1, 0.15) is 6.42 Å². The van der Waals surface area contributed by atoms with Crippen LogP contribution in [0, 0.1) is 11.3 Å². The zero-order valence-electron chi connectivity index (χ0n) is 8.00. The minimum Gasteiger partial charge on any atom is -0.391 e. The predicted octanol–water partition coefficient (Wildman–Crippen LogP) is -1.74. The molecule has 0 aromatic rings. The van der Waals surface area contributed by atoms with Gasteiger partial charge in [-0.05, 0) is 0 Å². The van der Waals surface area contributed by atoms with Crippen LogP contribution >= 0.6 is 0 Å². The minimum atomic E-state index is -2.17. The Bertz CT molecular complexity index is 299. The Hall–Kier alpha value is -0.970. The van der Waals surface area contributed by atoms with Crippen LogP contribution in [0.15, 0.2) is 12.2 Å². The van der Waals surface area contributed by atoms with Gasteiger partial charge in [-0.25, -0.2) is 0 Å². The van der Waals surface area contributed by atoms with E-state index in [4.69, 9.17) is 15.1 Å². The summed E-state index contributed by atoms with van der Waals surface area (Å²) in [5.41, 5.74) is 0.161. The van der Waals surface area contributed by atoms with E-state index in [0.29, 0.717) is 0 Å². The predicted molar refractivity (Wildman–Crippen MR) is 48.3 cm³/mol. The van der Waals surface area contributed by atoms with Gasteiger partial charge >= 0.3 is 0 Å². The van der Waals surface area contributed by atoms with Crippen molar-refractivity contribution < 1.29 is 25.2 Å². The lowest BCUT2D eigenvalue weighted by atomic mass is 10.0. The Balaban J connectivity index is 2.72. The molecule has 0 aromatic carbocycles. The highest BCUT2D eigenvalue weighted by Crippen LogP contribution is 2.31. The van der Waals surface area contributed by atoms with E-state index in [1.54, 1.807) is 6.07 Å². The first-order valence-electron chi connectivity index (χ1n) is 4.39. The van der Waals surface area contributed by atoms with Crippen LogP contribution in [0.25, 0.3) is 0 Å². The monoisotopic (exact) mass is 215 g/mol. The quantitative estimate of drug-likeness (QED) is 0.415. The summed E-state index contributed by atoms with van der Waals surface area (Å²) in [5, 5.41) is 45.6. The number of rotatable bonds is 3. The second-order valence-electron chi connectivity index (χ2n) is 3.51. The van der Waals surface area contributed by atoms with Crippen LogP contribution in [0.4, 0.5) is 0 Å². The Morgan fingerprint density at radius 3 is 2.53 bits per heavy atom. The zero-order chi connectivity index (χ0) is 11.6. The van der Waals surface area contributed by atoms with Crippen LogP contribution in [0.2, 0.25) is 0 Å². The van der Waals surface area contributed by atoms with E-state index in [-0.39, 0.29) is 12.0 Å². The van der Waals surface area contributed by atoms with Crippen molar-refractivity contribution in [2.24, 2.45) is 0 Å².